The van der Waals surface area contributed by atoms with E-state index in [4.69, 9.17) is 23.1 Å². The van der Waals surface area contributed by atoms with Crippen LogP contribution in [0.3, 0.4) is 0 Å². The lowest BCUT2D eigenvalue weighted by atomic mass is 9.97. The van der Waals surface area contributed by atoms with E-state index >= 15 is 0 Å². The molecule has 1 saturated carbocycles. The molecule has 0 aliphatic heterocycles. The van der Waals surface area contributed by atoms with Crippen LogP contribution in [0.15, 0.2) is 36.8 Å². The second-order valence-electron chi connectivity index (χ2n) is 8.09. The number of nitrogens with two attached hydrogens (primary N) is 2. The first-order chi connectivity index (χ1) is 14.5. The van der Waals surface area contributed by atoms with Crippen molar-refractivity contribution in [3.8, 4) is 0 Å². The largest absolute Gasteiger partial charge is 0.383 e. The van der Waals surface area contributed by atoms with Crippen LogP contribution < -0.4 is 11.5 Å². The smallest absolute Gasteiger partial charge is 0.145 e. The molecule has 154 valence electrons. The SMILES string of the molecule is Nc1nc2cc(CC[C@@H]3CC[C@H](n4ccc5c(N)ncnc54)C3)cc(F)c2cc1Cl. The Bertz CT molecular complexity index is 1250. The Hall–Kier alpha value is -2.93. The van der Waals surface area contributed by atoms with Gasteiger partial charge in [0.05, 0.1) is 15.9 Å². The molecule has 30 heavy (non-hydrogen) atoms. The number of nitrogen functional groups attached to an aromatic ring is 2. The van der Waals surface area contributed by atoms with E-state index < -0.39 is 0 Å². The average molecular weight is 425 g/mol. The minimum atomic E-state index is -0.308. The number of rotatable bonds is 4. The molecule has 2 atom stereocenters. The number of aryl methyl sites for hydroxylation is 1. The lowest BCUT2D eigenvalue weighted by molar-refractivity contribution is 0.461. The third-order valence-electron chi connectivity index (χ3n) is 6.21. The number of nitrogens with zero attached hydrogens (tertiary/aromatic N) is 4. The summed E-state index contributed by atoms with van der Waals surface area (Å²) in [5.74, 6) is 1.01. The van der Waals surface area contributed by atoms with Crippen LogP contribution in [-0.2, 0) is 6.42 Å². The predicted molar refractivity (Wildman–Crippen MR) is 118 cm³/mol. The van der Waals surface area contributed by atoms with Crippen molar-refractivity contribution in [1.29, 1.82) is 0 Å². The summed E-state index contributed by atoms with van der Waals surface area (Å²) < 4.78 is 16.7. The lowest BCUT2D eigenvalue weighted by Crippen LogP contribution is -2.06. The summed E-state index contributed by atoms with van der Waals surface area (Å²) in [6.45, 7) is 0. The number of benzene rings is 1. The number of pyridine rings is 1. The first-order valence-electron chi connectivity index (χ1n) is 10.1. The van der Waals surface area contributed by atoms with Crippen molar-refractivity contribution in [2.45, 2.75) is 38.1 Å². The fraction of sp³-hybridized carbons (Fsp3) is 0.318. The molecule has 1 aliphatic carbocycles. The van der Waals surface area contributed by atoms with E-state index in [1.165, 1.54) is 12.4 Å². The summed E-state index contributed by atoms with van der Waals surface area (Å²) in [5.41, 5.74) is 14.1. The Morgan fingerprint density at radius 2 is 1.97 bits per heavy atom. The number of hydrogen-bond acceptors (Lipinski definition) is 5. The zero-order chi connectivity index (χ0) is 20.8. The van der Waals surface area contributed by atoms with Crippen LogP contribution in [-0.4, -0.2) is 19.5 Å². The summed E-state index contributed by atoms with van der Waals surface area (Å²) in [6, 6.07) is 7.43. The lowest BCUT2D eigenvalue weighted by Gasteiger charge is -2.14. The second kappa shape index (κ2) is 7.40. The van der Waals surface area contributed by atoms with E-state index in [-0.39, 0.29) is 16.7 Å². The summed E-state index contributed by atoms with van der Waals surface area (Å²) in [5, 5.41) is 1.58. The third kappa shape index (κ3) is 3.33. The van der Waals surface area contributed by atoms with Gasteiger partial charge < -0.3 is 16.0 Å². The van der Waals surface area contributed by atoms with Crippen molar-refractivity contribution in [3.05, 3.63) is 53.2 Å². The van der Waals surface area contributed by atoms with Gasteiger partial charge in [-0.05, 0) is 67.9 Å². The van der Waals surface area contributed by atoms with Gasteiger partial charge in [0.1, 0.15) is 29.4 Å². The zero-order valence-corrected chi connectivity index (χ0v) is 17.1. The van der Waals surface area contributed by atoms with Crippen LogP contribution in [0.1, 0.15) is 37.3 Å². The topological polar surface area (TPSA) is 95.6 Å². The van der Waals surface area contributed by atoms with Crippen LogP contribution in [0.25, 0.3) is 21.9 Å². The molecular weight excluding hydrogens is 403 g/mol. The van der Waals surface area contributed by atoms with Crippen molar-refractivity contribution in [3.63, 3.8) is 0 Å². The monoisotopic (exact) mass is 424 g/mol. The molecule has 0 spiro atoms. The van der Waals surface area contributed by atoms with Crippen LogP contribution in [0.2, 0.25) is 5.02 Å². The van der Waals surface area contributed by atoms with E-state index in [2.05, 4.69) is 25.7 Å². The molecule has 1 aliphatic rings. The van der Waals surface area contributed by atoms with Gasteiger partial charge in [-0.3, -0.25) is 0 Å². The minimum Gasteiger partial charge on any atom is -0.383 e. The summed E-state index contributed by atoms with van der Waals surface area (Å²) >= 11 is 5.98. The highest BCUT2D eigenvalue weighted by Gasteiger charge is 2.27. The Balaban J connectivity index is 1.30. The average Bonchev–Trinajstić information content (AvgIpc) is 3.35. The second-order valence-corrected chi connectivity index (χ2v) is 8.50. The van der Waals surface area contributed by atoms with E-state index in [9.17, 15) is 4.39 Å². The highest BCUT2D eigenvalue weighted by Crippen LogP contribution is 2.39. The molecule has 1 aromatic carbocycles. The van der Waals surface area contributed by atoms with Crippen LogP contribution in [0, 0.1) is 11.7 Å². The molecule has 0 saturated heterocycles. The van der Waals surface area contributed by atoms with Gasteiger partial charge >= 0.3 is 0 Å². The van der Waals surface area contributed by atoms with Crippen molar-refractivity contribution in [2.75, 3.05) is 11.5 Å². The Kier molecular flexibility index (Phi) is 4.70. The minimum absolute atomic E-state index is 0.225. The Morgan fingerprint density at radius 1 is 1.10 bits per heavy atom. The van der Waals surface area contributed by atoms with E-state index in [1.807, 2.05) is 12.1 Å². The van der Waals surface area contributed by atoms with Gasteiger partial charge in [0, 0.05) is 17.6 Å². The highest BCUT2D eigenvalue weighted by molar-refractivity contribution is 6.33. The van der Waals surface area contributed by atoms with E-state index in [0.717, 1.165) is 48.7 Å². The van der Waals surface area contributed by atoms with Gasteiger partial charge in [0.15, 0.2) is 0 Å². The van der Waals surface area contributed by atoms with Gasteiger partial charge in [-0.15, -0.1) is 0 Å². The standard InChI is InChI=1S/C22H22ClFN6/c23-17-10-16-18(24)8-13(9-19(16)29-21(17)26)2-1-12-3-4-14(7-12)30-6-5-15-20(25)27-11-28-22(15)30/h5-6,8-12,14H,1-4,7H2,(H2,26,29)(H2,25,27,28)/t12-,14+/m1/s1. The zero-order valence-electron chi connectivity index (χ0n) is 16.4. The van der Waals surface area contributed by atoms with Crippen molar-refractivity contribution in [2.24, 2.45) is 5.92 Å². The molecule has 0 unspecified atom stereocenters. The summed E-state index contributed by atoms with van der Waals surface area (Å²) in [6.07, 6.45) is 8.69. The maximum absolute atomic E-state index is 14.5. The number of hydrogen-bond donors (Lipinski definition) is 2. The fourth-order valence-electron chi connectivity index (χ4n) is 4.64. The third-order valence-corrected chi connectivity index (χ3v) is 6.52. The van der Waals surface area contributed by atoms with Gasteiger partial charge in [-0.25, -0.2) is 19.3 Å². The van der Waals surface area contributed by atoms with Gasteiger partial charge in [0.2, 0.25) is 0 Å². The first kappa shape index (κ1) is 19.1. The van der Waals surface area contributed by atoms with Gasteiger partial charge in [-0.1, -0.05) is 11.6 Å². The summed E-state index contributed by atoms with van der Waals surface area (Å²) in [4.78, 5) is 12.7. The molecule has 5 rings (SSSR count). The maximum atomic E-state index is 14.5. The molecule has 6 nitrogen and oxygen atoms in total. The molecule has 0 amide bonds. The van der Waals surface area contributed by atoms with Crippen LogP contribution in [0.5, 0.6) is 0 Å². The number of anilines is 2. The quantitative estimate of drug-likeness (QED) is 0.485. The molecule has 0 bridgehead atoms. The fourth-order valence-corrected chi connectivity index (χ4v) is 4.79. The summed E-state index contributed by atoms with van der Waals surface area (Å²) in [7, 11) is 0. The normalized spacial score (nSPS) is 19.1. The maximum Gasteiger partial charge on any atom is 0.145 e. The van der Waals surface area contributed by atoms with Crippen molar-refractivity contribution >= 4 is 45.2 Å². The van der Waals surface area contributed by atoms with Crippen molar-refractivity contribution < 1.29 is 4.39 Å². The van der Waals surface area contributed by atoms with Crippen molar-refractivity contribution in [1.82, 2.24) is 19.5 Å². The molecule has 8 heteroatoms. The van der Waals surface area contributed by atoms with Gasteiger partial charge in [-0.2, -0.15) is 0 Å². The number of aromatic nitrogens is 4. The molecule has 4 aromatic rings. The molecule has 3 aromatic heterocycles. The molecule has 0 radical (unpaired) electrons. The van der Waals surface area contributed by atoms with E-state index in [1.54, 1.807) is 6.07 Å². The first-order valence-corrected chi connectivity index (χ1v) is 10.5. The highest BCUT2D eigenvalue weighted by atomic mass is 35.5. The Labute approximate surface area is 178 Å². The van der Waals surface area contributed by atoms with Crippen LogP contribution >= 0.6 is 11.6 Å². The molecule has 4 N–H and O–H groups in total. The number of halogens is 2. The molecular formula is C22H22ClFN6. The predicted octanol–water partition coefficient (Wildman–Crippen LogP) is 4.91. The van der Waals surface area contributed by atoms with E-state index in [0.29, 0.717) is 28.7 Å². The Morgan fingerprint density at radius 3 is 2.83 bits per heavy atom. The molecule has 1 fully saturated rings. The molecule has 3 heterocycles. The van der Waals surface area contributed by atoms with Crippen LogP contribution in [0.4, 0.5) is 16.0 Å². The van der Waals surface area contributed by atoms with Gasteiger partial charge in [0.25, 0.3) is 0 Å². The number of fused-ring (bicyclic) bond motifs is 2.